The van der Waals surface area contributed by atoms with Crippen molar-refractivity contribution in [3.63, 3.8) is 0 Å². The fraction of sp³-hybridized carbons (Fsp3) is 0.333. The molecule has 1 amide bonds. The minimum atomic E-state index is -0.934. The first kappa shape index (κ1) is 18.1. The molecule has 0 aromatic heterocycles. The fourth-order valence-corrected chi connectivity index (χ4v) is 3.65. The Balaban J connectivity index is 1.87. The molecule has 5 heteroatoms. The van der Waals surface area contributed by atoms with Crippen molar-refractivity contribution in [2.75, 3.05) is 13.1 Å². The quantitative estimate of drug-likeness (QED) is 0.914. The number of benzene rings is 2. The van der Waals surface area contributed by atoms with Gasteiger partial charge in [-0.15, -0.1) is 0 Å². The number of hydrogen-bond acceptors (Lipinski definition) is 2. The van der Waals surface area contributed by atoms with Crippen LogP contribution in [-0.2, 0) is 15.0 Å². The molecule has 2 atom stereocenters. The topological polar surface area (TPSA) is 57.6 Å². The number of carbonyl (C=O) groups is 2. The first-order valence-electron chi connectivity index (χ1n) is 8.64. The van der Waals surface area contributed by atoms with Crippen molar-refractivity contribution >= 4 is 11.9 Å². The monoisotopic (exact) mass is 355 g/mol. The molecule has 0 spiro atoms. The lowest BCUT2D eigenvalue weighted by Crippen LogP contribution is -2.42. The molecule has 26 heavy (non-hydrogen) atoms. The van der Waals surface area contributed by atoms with Gasteiger partial charge >= 0.3 is 5.97 Å². The lowest BCUT2D eigenvalue weighted by molar-refractivity contribution is -0.142. The second-order valence-electron chi connectivity index (χ2n) is 7.31. The zero-order valence-corrected chi connectivity index (χ0v) is 14.9. The van der Waals surface area contributed by atoms with E-state index in [-0.39, 0.29) is 18.4 Å². The maximum absolute atomic E-state index is 13.6. The van der Waals surface area contributed by atoms with Crippen LogP contribution in [0.4, 0.5) is 4.39 Å². The molecule has 0 bridgehead atoms. The van der Waals surface area contributed by atoms with Crippen molar-refractivity contribution in [1.82, 2.24) is 4.90 Å². The Bertz CT molecular complexity index is 819. The summed E-state index contributed by atoms with van der Waals surface area (Å²) < 4.78 is 13.6. The molecule has 1 N–H and O–H groups in total. The summed E-state index contributed by atoms with van der Waals surface area (Å²) in [6, 6.07) is 15.4. The summed E-state index contributed by atoms with van der Waals surface area (Å²) >= 11 is 0. The van der Waals surface area contributed by atoms with Gasteiger partial charge < -0.3 is 10.0 Å². The maximum Gasteiger partial charge on any atom is 0.308 e. The third-order valence-electron chi connectivity index (χ3n) is 5.23. The summed E-state index contributed by atoms with van der Waals surface area (Å²) in [6.45, 7) is 4.00. The number of halogens is 1. The fourth-order valence-electron chi connectivity index (χ4n) is 3.65. The molecule has 1 heterocycles. The number of carboxylic acid groups (broad SMARTS) is 1. The summed E-state index contributed by atoms with van der Waals surface area (Å²) in [6.07, 6.45) is 0. The van der Waals surface area contributed by atoms with Gasteiger partial charge in [0.2, 0.25) is 5.91 Å². The van der Waals surface area contributed by atoms with Crippen LogP contribution in [0.1, 0.15) is 30.9 Å². The van der Waals surface area contributed by atoms with Crippen LogP contribution in [0.5, 0.6) is 0 Å². The number of rotatable bonds is 4. The summed E-state index contributed by atoms with van der Waals surface area (Å²) in [7, 11) is 0. The third-order valence-corrected chi connectivity index (χ3v) is 5.23. The van der Waals surface area contributed by atoms with E-state index in [1.165, 1.54) is 12.1 Å². The van der Waals surface area contributed by atoms with E-state index >= 15 is 0 Å². The molecular formula is C21H22FNO3. The first-order valence-corrected chi connectivity index (χ1v) is 8.64. The van der Waals surface area contributed by atoms with Gasteiger partial charge in [0, 0.05) is 19.0 Å². The van der Waals surface area contributed by atoms with Crippen LogP contribution >= 0.6 is 0 Å². The van der Waals surface area contributed by atoms with Crippen molar-refractivity contribution in [3.05, 3.63) is 71.5 Å². The van der Waals surface area contributed by atoms with Gasteiger partial charge in [-0.25, -0.2) is 4.39 Å². The summed E-state index contributed by atoms with van der Waals surface area (Å²) in [5, 5.41) is 9.61. The number of carboxylic acids is 1. The van der Waals surface area contributed by atoms with E-state index in [9.17, 15) is 19.1 Å². The van der Waals surface area contributed by atoms with Gasteiger partial charge in [-0.3, -0.25) is 9.59 Å². The average molecular weight is 355 g/mol. The van der Waals surface area contributed by atoms with E-state index in [4.69, 9.17) is 0 Å². The largest absolute Gasteiger partial charge is 0.481 e. The predicted molar refractivity (Wildman–Crippen MR) is 96.3 cm³/mol. The molecule has 2 aromatic carbocycles. The van der Waals surface area contributed by atoms with Crippen LogP contribution in [0, 0.1) is 11.7 Å². The van der Waals surface area contributed by atoms with Gasteiger partial charge in [-0.1, -0.05) is 42.5 Å². The van der Waals surface area contributed by atoms with E-state index in [0.29, 0.717) is 12.1 Å². The van der Waals surface area contributed by atoms with Crippen molar-refractivity contribution in [2.24, 2.45) is 5.92 Å². The van der Waals surface area contributed by atoms with Crippen molar-refractivity contribution in [2.45, 2.75) is 25.2 Å². The second kappa shape index (κ2) is 6.90. The van der Waals surface area contributed by atoms with Crippen LogP contribution in [-0.4, -0.2) is 35.0 Å². The molecule has 4 nitrogen and oxygen atoms in total. The minimum absolute atomic E-state index is 0.159. The number of amides is 1. The summed E-state index contributed by atoms with van der Waals surface area (Å²) in [4.78, 5) is 26.5. The van der Waals surface area contributed by atoms with Gasteiger partial charge in [0.15, 0.2) is 0 Å². The molecule has 0 radical (unpaired) electrons. The van der Waals surface area contributed by atoms with Crippen LogP contribution in [0.15, 0.2) is 54.6 Å². The van der Waals surface area contributed by atoms with E-state index in [1.807, 2.05) is 30.3 Å². The molecule has 0 unspecified atom stereocenters. The van der Waals surface area contributed by atoms with Gasteiger partial charge in [0.25, 0.3) is 0 Å². The van der Waals surface area contributed by atoms with Crippen molar-refractivity contribution in [3.8, 4) is 0 Å². The number of nitrogens with zero attached hydrogens (tertiary/aromatic N) is 1. The Morgan fingerprint density at radius 1 is 1.08 bits per heavy atom. The molecule has 136 valence electrons. The van der Waals surface area contributed by atoms with Gasteiger partial charge in [0.05, 0.1) is 11.3 Å². The number of hydrogen-bond donors (Lipinski definition) is 1. The highest BCUT2D eigenvalue weighted by atomic mass is 19.1. The Morgan fingerprint density at radius 2 is 1.77 bits per heavy atom. The first-order chi connectivity index (χ1) is 12.3. The van der Waals surface area contributed by atoms with E-state index < -0.39 is 23.1 Å². The lowest BCUT2D eigenvalue weighted by Gasteiger charge is -2.30. The van der Waals surface area contributed by atoms with Crippen molar-refractivity contribution < 1.29 is 19.1 Å². The average Bonchev–Trinajstić information content (AvgIpc) is 3.07. The molecule has 1 saturated heterocycles. The summed E-state index contributed by atoms with van der Waals surface area (Å²) in [5.74, 6) is -2.38. The standard InChI is InChI=1S/C21H22FNO3/c1-21(2,15-9-6-10-16(22)11-15)20(26)23-12-17(18(13-23)19(24)25)14-7-4-3-5-8-14/h3-11,17-18H,12-13H2,1-2H3,(H,24,25)/t17-,18-/m0/s1. The van der Waals surface area contributed by atoms with Crippen LogP contribution < -0.4 is 0 Å². The third kappa shape index (κ3) is 3.34. The zero-order chi connectivity index (χ0) is 18.9. The van der Waals surface area contributed by atoms with E-state index in [2.05, 4.69) is 0 Å². The molecule has 3 rings (SSSR count). The molecule has 1 aliphatic heterocycles. The Labute approximate surface area is 152 Å². The van der Waals surface area contributed by atoms with Crippen LogP contribution in [0.25, 0.3) is 0 Å². The molecular weight excluding hydrogens is 333 g/mol. The highest BCUT2D eigenvalue weighted by Crippen LogP contribution is 2.36. The molecule has 1 aliphatic rings. The van der Waals surface area contributed by atoms with Gasteiger partial charge in [-0.2, -0.15) is 0 Å². The highest BCUT2D eigenvalue weighted by molar-refractivity contribution is 5.88. The smallest absolute Gasteiger partial charge is 0.308 e. The van der Waals surface area contributed by atoms with Gasteiger partial charge in [0.1, 0.15) is 5.82 Å². The zero-order valence-electron chi connectivity index (χ0n) is 14.9. The minimum Gasteiger partial charge on any atom is -0.481 e. The maximum atomic E-state index is 13.6. The van der Waals surface area contributed by atoms with E-state index in [1.54, 1.807) is 30.9 Å². The normalized spacial score (nSPS) is 20.2. The van der Waals surface area contributed by atoms with Crippen LogP contribution in [0.2, 0.25) is 0 Å². The lowest BCUT2D eigenvalue weighted by atomic mass is 9.83. The number of likely N-dealkylation sites (tertiary alicyclic amines) is 1. The molecule has 0 aliphatic carbocycles. The Morgan fingerprint density at radius 3 is 2.38 bits per heavy atom. The Kier molecular flexibility index (Phi) is 4.81. The van der Waals surface area contributed by atoms with Crippen LogP contribution in [0.3, 0.4) is 0 Å². The summed E-state index contributed by atoms with van der Waals surface area (Å²) in [5.41, 5.74) is 0.563. The predicted octanol–water partition coefficient (Wildman–Crippen LogP) is 3.43. The second-order valence-corrected chi connectivity index (χ2v) is 7.31. The number of aliphatic carboxylic acids is 1. The SMILES string of the molecule is CC(C)(C(=O)N1C[C@H](C(=O)O)[C@H](c2ccccc2)C1)c1cccc(F)c1. The van der Waals surface area contributed by atoms with E-state index in [0.717, 1.165) is 5.56 Å². The molecule has 1 fully saturated rings. The van der Waals surface area contributed by atoms with Crippen molar-refractivity contribution in [1.29, 1.82) is 0 Å². The highest BCUT2D eigenvalue weighted by Gasteiger charge is 2.44. The molecule has 2 aromatic rings. The van der Waals surface area contributed by atoms with Gasteiger partial charge in [-0.05, 0) is 37.1 Å². The Hall–Kier alpha value is -2.69. The number of carbonyl (C=O) groups excluding carboxylic acids is 1. The molecule has 0 saturated carbocycles.